The van der Waals surface area contributed by atoms with Crippen LogP contribution in [0.1, 0.15) is 0 Å². The van der Waals surface area contributed by atoms with Gasteiger partial charge in [-0.15, -0.1) is 0 Å². The first-order chi connectivity index (χ1) is 36.2. The van der Waals surface area contributed by atoms with Crippen LogP contribution in [0.15, 0.2) is 273 Å². The largest absolute Gasteiger partial charge is 0.309 e. The average Bonchev–Trinajstić information content (AvgIpc) is 3.81. The predicted molar refractivity (Wildman–Crippen MR) is 301 cm³/mol. The Hall–Kier alpha value is -9.84. The molecule has 0 saturated carbocycles. The number of aromatic nitrogens is 5. The van der Waals surface area contributed by atoms with Crippen LogP contribution in [-0.4, -0.2) is 24.5 Å². The van der Waals surface area contributed by atoms with E-state index in [9.17, 15) is 0 Å². The highest BCUT2D eigenvalue weighted by atomic mass is 15.0. The maximum atomic E-state index is 5.24. The average molecular weight is 932 g/mol. The Morgan fingerprint density at radius 2 is 0.589 bits per heavy atom. The van der Waals surface area contributed by atoms with E-state index in [-0.39, 0.29) is 0 Å². The van der Waals surface area contributed by atoms with Crippen molar-refractivity contribution in [3.8, 4) is 107 Å². The van der Waals surface area contributed by atoms with E-state index in [0.29, 0.717) is 17.5 Å². The number of fused-ring (bicyclic) bond motifs is 3. The van der Waals surface area contributed by atoms with Gasteiger partial charge < -0.3 is 4.57 Å². The summed E-state index contributed by atoms with van der Waals surface area (Å²) in [5, 5.41) is 2.40. The van der Waals surface area contributed by atoms with Crippen molar-refractivity contribution in [1.29, 1.82) is 0 Å². The van der Waals surface area contributed by atoms with Crippen LogP contribution < -0.4 is 0 Å². The Kier molecular flexibility index (Phi) is 11.1. The molecule has 0 bridgehead atoms. The van der Waals surface area contributed by atoms with Crippen molar-refractivity contribution in [1.82, 2.24) is 24.5 Å². The standard InChI is InChI=1S/C68H45N5/c1-7-19-46(20-8-1)53-34-39-64-60(42-53)61-43-54(47-21-9-2-10-22-47)35-40-65(61)73(64)57-36-31-48(32-37-57)59-41-55(56-44-62(49-23-11-3-12-24-49)69-63(45-56)50-25-13-4-14-26-50)33-38-58(59)68-71-66(51-27-15-5-16-28-51)70-67(72-68)52-29-17-6-18-30-52/h1-45H. The van der Waals surface area contributed by atoms with E-state index in [0.717, 1.165) is 78.2 Å². The second-order valence-corrected chi connectivity index (χ2v) is 18.2. The van der Waals surface area contributed by atoms with E-state index >= 15 is 0 Å². The molecule has 0 radical (unpaired) electrons. The number of benzene rings is 10. The normalized spacial score (nSPS) is 11.3. The first-order valence-corrected chi connectivity index (χ1v) is 24.6. The first kappa shape index (κ1) is 43.2. The van der Waals surface area contributed by atoms with E-state index in [1.807, 2.05) is 72.8 Å². The van der Waals surface area contributed by atoms with Gasteiger partial charge in [0, 0.05) is 44.3 Å². The van der Waals surface area contributed by atoms with E-state index in [4.69, 9.17) is 19.9 Å². The molecule has 0 N–H and O–H groups in total. The zero-order valence-corrected chi connectivity index (χ0v) is 39.7. The molecule has 13 aromatic rings. The van der Waals surface area contributed by atoms with Crippen LogP contribution >= 0.6 is 0 Å². The van der Waals surface area contributed by atoms with E-state index in [2.05, 4.69) is 205 Å². The lowest BCUT2D eigenvalue weighted by Crippen LogP contribution is -2.01. The van der Waals surface area contributed by atoms with Gasteiger partial charge in [-0.3, -0.25) is 0 Å². The fourth-order valence-electron chi connectivity index (χ4n) is 10.0. The highest BCUT2D eigenvalue weighted by molar-refractivity contribution is 6.11. The molecular formula is C68H45N5. The molecule has 5 nitrogen and oxygen atoms in total. The Labute approximate surface area is 424 Å². The van der Waals surface area contributed by atoms with Gasteiger partial charge in [-0.2, -0.15) is 0 Å². The second-order valence-electron chi connectivity index (χ2n) is 18.2. The van der Waals surface area contributed by atoms with Crippen molar-refractivity contribution in [2.24, 2.45) is 0 Å². The molecular weight excluding hydrogens is 887 g/mol. The zero-order valence-electron chi connectivity index (χ0n) is 39.7. The smallest absolute Gasteiger partial charge is 0.164 e. The fraction of sp³-hybridized carbons (Fsp3) is 0. The number of hydrogen-bond donors (Lipinski definition) is 0. The van der Waals surface area contributed by atoms with Crippen molar-refractivity contribution in [3.05, 3.63) is 273 Å². The summed E-state index contributed by atoms with van der Waals surface area (Å²) in [6, 6.07) is 96.1. The Balaban J connectivity index is 1.00. The molecule has 5 heteroatoms. The van der Waals surface area contributed by atoms with Gasteiger partial charge in [0.15, 0.2) is 17.5 Å². The summed E-state index contributed by atoms with van der Waals surface area (Å²) in [5.41, 5.74) is 18.9. The first-order valence-electron chi connectivity index (χ1n) is 24.6. The Morgan fingerprint density at radius 3 is 1.04 bits per heavy atom. The summed E-state index contributed by atoms with van der Waals surface area (Å²) in [7, 11) is 0. The van der Waals surface area contributed by atoms with Crippen LogP contribution in [0.2, 0.25) is 0 Å². The fourth-order valence-corrected chi connectivity index (χ4v) is 10.0. The van der Waals surface area contributed by atoms with Gasteiger partial charge in [0.1, 0.15) is 0 Å². The maximum absolute atomic E-state index is 5.24. The highest BCUT2D eigenvalue weighted by Crippen LogP contribution is 2.41. The molecule has 0 unspecified atom stereocenters. The van der Waals surface area contributed by atoms with Crippen molar-refractivity contribution < 1.29 is 0 Å². The van der Waals surface area contributed by atoms with Gasteiger partial charge in [0.25, 0.3) is 0 Å². The maximum Gasteiger partial charge on any atom is 0.164 e. The monoisotopic (exact) mass is 931 g/mol. The number of pyridine rings is 1. The van der Waals surface area contributed by atoms with Crippen molar-refractivity contribution in [3.63, 3.8) is 0 Å². The van der Waals surface area contributed by atoms with Crippen molar-refractivity contribution in [2.45, 2.75) is 0 Å². The molecule has 0 spiro atoms. The third-order valence-corrected chi connectivity index (χ3v) is 13.7. The molecule has 0 aliphatic heterocycles. The van der Waals surface area contributed by atoms with E-state index in [1.54, 1.807) is 0 Å². The summed E-state index contributed by atoms with van der Waals surface area (Å²) in [6.07, 6.45) is 0. The minimum absolute atomic E-state index is 0.592. The SMILES string of the molecule is c1ccc(-c2ccc3c(c2)c2cc(-c4ccccc4)ccc2n3-c2ccc(-c3cc(-c4cc(-c5ccccc5)nc(-c5ccccc5)c4)ccc3-c3nc(-c4ccccc4)nc(-c4ccccc4)n3)cc2)cc1. The lowest BCUT2D eigenvalue weighted by Gasteiger charge is -2.16. The molecule has 0 aliphatic carbocycles. The van der Waals surface area contributed by atoms with Crippen LogP contribution in [0.4, 0.5) is 0 Å². The van der Waals surface area contributed by atoms with Gasteiger partial charge in [-0.1, -0.05) is 212 Å². The van der Waals surface area contributed by atoms with Crippen LogP contribution in [0.3, 0.4) is 0 Å². The molecule has 10 aromatic carbocycles. The molecule has 3 aromatic heterocycles. The molecule has 13 rings (SSSR count). The second kappa shape index (κ2) is 18.8. The number of hydrogen-bond acceptors (Lipinski definition) is 4. The molecule has 0 amide bonds. The Bertz CT molecular complexity index is 3870. The summed E-state index contributed by atoms with van der Waals surface area (Å²) < 4.78 is 2.40. The number of rotatable bonds is 10. The van der Waals surface area contributed by atoms with E-state index < -0.39 is 0 Å². The molecule has 0 saturated heterocycles. The van der Waals surface area contributed by atoms with Crippen molar-refractivity contribution in [2.75, 3.05) is 0 Å². The quantitative estimate of drug-likeness (QED) is 0.137. The predicted octanol–water partition coefficient (Wildman–Crippen LogP) is 17.4. The molecule has 0 fully saturated rings. The van der Waals surface area contributed by atoms with Crippen LogP contribution in [-0.2, 0) is 0 Å². The minimum atomic E-state index is 0.592. The minimum Gasteiger partial charge on any atom is -0.309 e. The van der Waals surface area contributed by atoms with Gasteiger partial charge >= 0.3 is 0 Å². The highest BCUT2D eigenvalue weighted by Gasteiger charge is 2.20. The summed E-state index contributed by atoms with van der Waals surface area (Å²) >= 11 is 0. The van der Waals surface area contributed by atoms with Crippen LogP contribution in [0.25, 0.3) is 129 Å². The Morgan fingerprint density at radius 1 is 0.219 bits per heavy atom. The summed E-state index contributed by atoms with van der Waals surface area (Å²) in [6.45, 7) is 0. The molecule has 73 heavy (non-hydrogen) atoms. The molecule has 342 valence electrons. The lowest BCUT2D eigenvalue weighted by atomic mass is 9.93. The van der Waals surface area contributed by atoms with Gasteiger partial charge in [-0.05, 0) is 105 Å². The lowest BCUT2D eigenvalue weighted by molar-refractivity contribution is 1.07. The van der Waals surface area contributed by atoms with Crippen molar-refractivity contribution >= 4 is 21.8 Å². The van der Waals surface area contributed by atoms with Gasteiger partial charge in [-0.25, -0.2) is 19.9 Å². The molecule has 3 heterocycles. The summed E-state index contributed by atoms with van der Waals surface area (Å²) in [5.74, 6) is 1.82. The van der Waals surface area contributed by atoms with Crippen LogP contribution in [0, 0.1) is 0 Å². The van der Waals surface area contributed by atoms with E-state index in [1.165, 1.54) is 33.0 Å². The third-order valence-electron chi connectivity index (χ3n) is 13.7. The number of nitrogens with zero attached hydrogens (tertiary/aromatic N) is 5. The third kappa shape index (κ3) is 8.45. The zero-order chi connectivity index (χ0) is 48.5. The molecule has 0 aliphatic rings. The van der Waals surface area contributed by atoms with Gasteiger partial charge in [0.05, 0.1) is 22.4 Å². The van der Waals surface area contributed by atoms with Crippen LogP contribution in [0.5, 0.6) is 0 Å². The van der Waals surface area contributed by atoms with Gasteiger partial charge in [0.2, 0.25) is 0 Å². The summed E-state index contributed by atoms with van der Waals surface area (Å²) in [4.78, 5) is 20.7. The topological polar surface area (TPSA) is 56.5 Å². The molecule has 0 atom stereocenters.